The fourth-order valence-corrected chi connectivity index (χ4v) is 5.31. The summed E-state index contributed by atoms with van der Waals surface area (Å²) in [5.74, 6) is -0.777. The van der Waals surface area contributed by atoms with E-state index in [1.165, 1.54) is 35.9 Å². The number of benzene rings is 2. The van der Waals surface area contributed by atoms with Crippen LogP contribution < -0.4 is 20.5 Å². The maximum Gasteiger partial charge on any atom is 0.263 e. The second-order valence-corrected chi connectivity index (χ2v) is 9.54. The van der Waals surface area contributed by atoms with Gasteiger partial charge >= 0.3 is 0 Å². The van der Waals surface area contributed by atoms with Crippen molar-refractivity contribution in [1.29, 1.82) is 0 Å². The Kier molecular flexibility index (Phi) is 6.22. The topological polar surface area (TPSA) is 63.8 Å². The number of nitrogens with zero attached hydrogens (tertiary/aromatic N) is 4. The van der Waals surface area contributed by atoms with Crippen molar-refractivity contribution in [2.24, 2.45) is 12.5 Å². The quantitative estimate of drug-likeness (QED) is 0.544. The summed E-state index contributed by atoms with van der Waals surface area (Å²) in [6.45, 7) is 10.7. The molecule has 2 aromatic carbocycles. The van der Waals surface area contributed by atoms with Gasteiger partial charge in [-0.15, -0.1) is 0 Å². The SMILES string of the molecule is [C-]#[N+]c1ccc(-c2nc(N3CCC4(CCNC4)CC3)n(C)c(=O)c2-c2ccc(OC)c(F)c2)cc1F. The summed E-state index contributed by atoms with van der Waals surface area (Å²) in [6.07, 6.45) is 3.13. The standard InChI is InChI=1S/C27H27F2N5O2/c1-30-21-6-4-18(15-19(21)28)24-23(17-5-7-22(36-3)20(29)14-17)25(35)33(2)26(32-24)34-12-9-27(10-13-34)8-11-31-16-27/h4-7,14-15,31H,8-13,16H2,2-3H3. The summed E-state index contributed by atoms with van der Waals surface area (Å²) < 4.78 is 35.7. The minimum absolute atomic E-state index is 0.0535. The molecule has 1 N–H and O–H groups in total. The van der Waals surface area contributed by atoms with Crippen LogP contribution in [0.2, 0.25) is 0 Å². The van der Waals surface area contributed by atoms with Gasteiger partial charge in [0.1, 0.15) is 5.82 Å². The Morgan fingerprint density at radius 2 is 1.81 bits per heavy atom. The van der Waals surface area contributed by atoms with Crippen molar-refractivity contribution in [2.45, 2.75) is 19.3 Å². The lowest BCUT2D eigenvalue weighted by Gasteiger charge is -2.39. The second-order valence-electron chi connectivity index (χ2n) is 9.54. The van der Waals surface area contributed by atoms with Crippen LogP contribution in [0, 0.1) is 23.6 Å². The molecule has 0 amide bonds. The molecule has 1 aromatic heterocycles. The average molecular weight is 492 g/mol. The van der Waals surface area contributed by atoms with Gasteiger partial charge in [-0.3, -0.25) is 9.36 Å². The van der Waals surface area contributed by atoms with Crippen LogP contribution in [-0.4, -0.2) is 42.8 Å². The molecular weight excluding hydrogens is 464 g/mol. The molecule has 0 saturated carbocycles. The van der Waals surface area contributed by atoms with Crippen LogP contribution in [0.1, 0.15) is 19.3 Å². The Morgan fingerprint density at radius 3 is 2.42 bits per heavy atom. The summed E-state index contributed by atoms with van der Waals surface area (Å²) >= 11 is 0. The van der Waals surface area contributed by atoms with E-state index in [0.717, 1.165) is 45.4 Å². The van der Waals surface area contributed by atoms with E-state index in [4.69, 9.17) is 16.3 Å². The van der Waals surface area contributed by atoms with Crippen molar-refractivity contribution in [3.05, 3.63) is 69.8 Å². The van der Waals surface area contributed by atoms with Crippen molar-refractivity contribution >= 4 is 11.6 Å². The molecule has 7 nitrogen and oxygen atoms in total. The van der Waals surface area contributed by atoms with Gasteiger partial charge in [-0.1, -0.05) is 18.2 Å². The highest BCUT2D eigenvalue weighted by Crippen LogP contribution is 2.39. The number of piperidine rings is 1. The summed E-state index contributed by atoms with van der Waals surface area (Å²) in [7, 11) is 3.02. The molecule has 36 heavy (non-hydrogen) atoms. The van der Waals surface area contributed by atoms with Crippen LogP contribution in [0.4, 0.5) is 20.4 Å². The molecule has 3 aromatic rings. The molecule has 0 atom stereocenters. The zero-order valence-corrected chi connectivity index (χ0v) is 20.3. The largest absolute Gasteiger partial charge is 0.494 e. The van der Waals surface area contributed by atoms with Crippen LogP contribution in [0.5, 0.6) is 5.75 Å². The van der Waals surface area contributed by atoms with Crippen molar-refractivity contribution < 1.29 is 13.5 Å². The third kappa shape index (κ3) is 4.11. The minimum Gasteiger partial charge on any atom is -0.494 e. The first-order valence-electron chi connectivity index (χ1n) is 11.9. The molecule has 0 bridgehead atoms. The molecular formula is C27H27F2N5O2. The molecule has 0 aliphatic carbocycles. The molecule has 2 saturated heterocycles. The van der Waals surface area contributed by atoms with Gasteiger partial charge < -0.3 is 15.0 Å². The zero-order valence-electron chi connectivity index (χ0n) is 20.3. The van der Waals surface area contributed by atoms with Crippen LogP contribution >= 0.6 is 0 Å². The average Bonchev–Trinajstić information content (AvgIpc) is 3.34. The lowest BCUT2D eigenvalue weighted by atomic mass is 9.78. The van der Waals surface area contributed by atoms with Crippen LogP contribution in [0.3, 0.4) is 0 Å². The van der Waals surface area contributed by atoms with E-state index in [-0.39, 0.29) is 33.7 Å². The van der Waals surface area contributed by atoms with E-state index in [0.29, 0.717) is 17.1 Å². The Labute approximate surface area is 208 Å². The highest BCUT2D eigenvalue weighted by atomic mass is 19.1. The first kappa shape index (κ1) is 23.9. The molecule has 9 heteroatoms. The zero-order chi connectivity index (χ0) is 25.4. The maximum absolute atomic E-state index is 14.6. The van der Waals surface area contributed by atoms with Crippen LogP contribution in [0.15, 0.2) is 41.2 Å². The smallest absolute Gasteiger partial charge is 0.263 e. The predicted molar refractivity (Wildman–Crippen MR) is 134 cm³/mol. The van der Waals surface area contributed by atoms with E-state index in [9.17, 15) is 13.6 Å². The minimum atomic E-state index is -0.702. The lowest BCUT2D eigenvalue weighted by Crippen LogP contribution is -2.43. The number of hydrogen-bond donors (Lipinski definition) is 1. The first-order valence-corrected chi connectivity index (χ1v) is 11.9. The summed E-state index contributed by atoms with van der Waals surface area (Å²) in [5.41, 5.74) is 0.869. The fourth-order valence-electron chi connectivity index (χ4n) is 5.31. The van der Waals surface area contributed by atoms with Crippen molar-refractivity contribution in [3.8, 4) is 28.1 Å². The predicted octanol–water partition coefficient (Wildman–Crippen LogP) is 4.53. The van der Waals surface area contributed by atoms with E-state index < -0.39 is 11.6 Å². The molecule has 5 rings (SSSR count). The third-order valence-corrected chi connectivity index (χ3v) is 7.49. The van der Waals surface area contributed by atoms with Gasteiger partial charge in [0, 0.05) is 32.2 Å². The summed E-state index contributed by atoms with van der Waals surface area (Å²) in [6, 6.07) is 8.41. The molecule has 0 radical (unpaired) electrons. The van der Waals surface area contributed by atoms with E-state index in [1.807, 2.05) is 0 Å². The number of ether oxygens (including phenoxy) is 1. The van der Waals surface area contributed by atoms with Gasteiger partial charge in [-0.25, -0.2) is 18.6 Å². The molecule has 2 aliphatic rings. The third-order valence-electron chi connectivity index (χ3n) is 7.49. The van der Waals surface area contributed by atoms with Gasteiger partial charge in [-0.2, -0.15) is 0 Å². The number of nitrogens with one attached hydrogen (secondary N) is 1. The van der Waals surface area contributed by atoms with Crippen LogP contribution in [-0.2, 0) is 7.05 Å². The number of hydrogen-bond acceptors (Lipinski definition) is 5. The molecule has 2 aliphatic heterocycles. The molecule has 186 valence electrons. The van der Waals surface area contributed by atoms with E-state index >= 15 is 0 Å². The van der Waals surface area contributed by atoms with Crippen molar-refractivity contribution in [1.82, 2.24) is 14.9 Å². The highest BCUT2D eigenvalue weighted by molar-refractivity contribution is 5.82. The molecule has 3 heterocycles. The van der Waals surface area contributed by atoms with Crippen LogP contribution in [0.25, 0.3) is 27.2 Å². The monoisotopic (exact) mass is 491 g/mol. The van der Waals surface area contributed by atoms with Gasteiger partial charge in [0.2, 0.25) is 11.6 Å². The summed E-state index contributed by atoms with van der Waals surface area (Å²) in [5, 5.41) is 3.46. The maximum atomic E-state index is 14.6. The highest BCUT2D eigenvalue weighted by Gasteiger charge is 2.38. The van der Waals surface area contributed by atoms with Crippen molar-refractivity contribution in [3.63, 3.8) is 0 Å². The first-order chi connectivity index (χ1) is 17.4. The number of halogens is 2. The Hall–Kier alpha value is -3.77. The number of methoxy groups -OCH3 is 1. The number of aromatic nitrogens is 2. The Bertz CT molecular complexity index is 1410. The second kappa shape index (κ2) is 9.36. The number of rotatable bonds is 4. The van der Waals surface area contributed by atoms with Gasteiger partial charge in [-0.05, 0) is 55.0 Å². The Balaban J connectivity index is 1.65. The normalized spacial score (nSPS) is 16.8. The van der Waals surface area contributed by atoms with Gasteiger partial charge in [0.15, 0.2) is 11.6 Å². The number of anilines is 1. The summed E-state index contributed by atoms with van der Waals surface area (Å²) in [4.78, 5) is 23.9. The van der Waals surface area contributed by atoms with Gasteiger partial charge in [0.05, 0.1) is 24.9 Å². The molecule has 2 fully saturated rings. The van der Waals surface area contributed by atoms with Crippen molar-refractivity contribution in [2.75, 3.05) is 38.2 Å². The lowest BCUT2D eigenvalue weighted by molar-refractivity contribution is 0.245. The fraction of sp³-hybridized carbons (Fsp3) is 0.370. The Morgan fingerprint density at radius 1 is 1.08 bits per heavy atom. The molecule has 1 spiro atoms. The van der Waals surface area contributed by atoms with E-state index in [1.54, 1.807) is 19.2 Å². The van der Waals surface area contributed by atoms with E-state index in [2.05, 4.69) is 15.1 Å². The molecule has 0 unspecified atom stereocenters. The van der Waals surface area contributed by atoms with Gasteiger partial charge in [0.25, 0.3) is 5.56 Å².